The summed E-state index contributed by atoms with van der Waals surface area (Å²) in [5, 5.41) is 0. The highest BCUT2D eigenvalue weighted by molar-refractivity contribution is 5.71. The standard InChI is InChI=1S/C26H32N4O3/c1-3-12-28-24-22(25(31)29(13-4-2)26(28)32)30(17-33-16-18-8-6-5-7-9-18)23(27-24)21-15-19-10-11-20(21)14-19/h5-11,19-21H,3-4,12-17H2,1-2H3. The quantitative estimate of drug-likeness (QED) is 0.463. The molecule has 0 amide bonds. The van der Waals surface area contributed by atoms with E-state index in [9.17, 15) is 9.59 Å². The normalized spacial score (nSPS) is 21.5. The van der Waals surface area contributed by atoms with E-state index < -0.39 is 0 Å². The maximum absolute atomic E-state index is 13.6. The van der Waals surface area contributed by atoms with Crippen LogP contribution in [0, 0.1) is 11.8 Å². The summed E-state index contributed by atoms with van der Waals surface area (Å²) < 4.78 is 11.1. The molecule has 2 aliphatic rings. The molecule has 2 aliphatic carbocycles. The molecule has 0 saturated heterocycles. The smallest absolute Gasteiger partial charge is 0.332 e. The van der Waals surface area contributed by atoms with Gasteiger partial charge in [0.25, 0.3) is 5.56 Å². The molecule has 0 aliphatic heterocycles. The number of hydrogen-bond acceptors (Lipinski definition) is 4. The number of allylic oxidation sites excluding steroid dienone is 2. The van der Waals surface area contributed by atoms with Gasteiger partial charge in [-0.05, 0) is 43.1 Å². The van der Waals surface area contributed by atoms with E-state index in [0.29, 0.717) is 42.7 Å². The third-order valence-electron chi connectivity index (χ3n) is 6.98. The molecule has 2 heterocycles. The highest BCUT2D eigenvalue weighted by atomic mass is 16.5. The maximum Gasteiger partial charge on any atom is 0.332 e. The molecule has 2 aromatic heterocycles. The Morgan fingerprint density at radius 3 is 2.39 bits per heavy atom. The maximum atomic E-state index is 13.6. The Balaban J connectivity index is 1.63. The minimum absolute atomic E-state index is 0.240. The van der Waals surface area contributed by atoms with Gasteiger partial charge in [0.1, 0.15) is 12.6 Å². The first-order valence-electron chi connectivity index (χ1n) is 12.2. The van der Waals surface area contributed by atoms with E-state index in [1.807, 2.05) is 48.7 Å². The van der Waals surface area contributed by atoms with E-state index in [0.717, 1.165) is 37.1 Å². The number of fused-ring (bicyclic) bond motifs is 3. The van der Waals surface area contributed by atoms with Crippen molar-refractivity contribution in [2.45, 2.75) is 71.9 Å². The molecule has 174 valence electrons. The van der Waals surface area contributed by atoms with Crippen LogP contribution in [0.5, 0.6) is 0 Å². The average molecular weight is 449 g/mol. The van der Waals surface area contributed by atoms with Crippen LogP contribution in [-0.4, -0.2) is 18.7 Å². The van der Waals surface area contributed by atoms with Gasteiger partial charge in [0.15, 0.2) is 11.2 Å². The molecule has 7 heteroatoms. The van der Waals surface area contributed by atoms with Crippen molar-refractivity contribution in [1.82, 2.24) is 18.7 Å². The molecule has 0 radical (unpaired) electrons. The zero-order valence-corrected chi connectivity index (χ0v) is 19.4. The van der Waals surface area contributed by atoms with Crippen LogP contribution >= 0.6 is 0 Å². The summed E-state index contributed by atoms with van der Waals surface area (Å²) in [6.07, 6.45) is 8.28. The summed E-state index contributed by atoms with van der Waals surface area (Å²) in [6.45, 7) is 5.65. The van der Waals surface area contributed by atoms with Gasteiger partial charge in [-0.1, -0.05) is 56.3 Å². The summed E-state index contributed by atoms with van der Waals surface area (Å²) in [5.74, 6) is 2.14. The highest BCUT2D eigenvalue weighted by Crippen LogP contribution is 2.48. The van der Waals surface area contributed by atoms with Crippen molar-refractivity contribution >= 4 is 11.2 Å². The number of rotatable bonds is 9. The van der Waals surface area contributed by atoms with E-state index >= 15 is 0 Å². The van der Waals surface area contributed by atoms with Crippen LogP contribution < -0.4 is 11.2 Å². The van der Waals surface area contributed by atoms with Crippen LogP contribution in [0.15, 0.2) is 52.1 Å². The van der Waals surface area contributed by atoms with Crippen LogP contribution in [0.4, 0.5) is 0 Å². The van der Waals surface area contributed by atoms with E-state index in [4.69, 9.17) is 9.72 Å². The number of hydrogen-bond donors (Lipinski definition) is 0. The lowest BCUT2D eigenvalue weighted by atomic mass is 9.93. The molecule has 3 unspecified atom stereocenters. The Hall–Kier alpha value is -2.93. The number of aryl methyl sites for hydroxylation is 1. The van der Waals surface area contributed by atoms with Crippen LogP contribution in [0.3, 0.4) is 0 Å². The van der Waals surface area contributed by atoms with Gasteiger partial charge < -0.3 is 4.74 Å². The molecule has 1 fully saturated rings. The molecular formula is C26H32N4O3. The minimum atomic E-state index is -0.259. The number of imidazole rings is 1. The first-order chi connectivity index (χ1) is 16.1. The lowest BCUT2D eigenvalue weighted by Crippen LogP contribution is -2.40. The third kappa shape index (κ3) is 3.88. The lowest BCUT2D eigenvalue weighted by Gasteiger charge is -2.19. The van der Waals surface area contributed by atoms with E-state index in [1.54, 1.807) is 4.57 Å². The lowest BCUT2D eigenvalue weighted by molar-refractivity contribution is 0.0635. The largest absolute Gasteiger partial charge is 0.356 e. The Labute approximate surface area is 193 Å². The molecule has 5 rings (SSSR count). The van der Waals surface area contributed by atoms with Crippen molar-refractivity contribution in [3.63, 3.8) is 0 Å². The molecule has 7 nitrogen and oxygen atoms in total. The molecule has 2 bridgehead atoms. The Kier molecular flexibility index (Phi) is 6.06. The second kappa shape index (κ2) is 9.14. The van der Waals surface area contributed by atoms with Crippen molar-refractivity contribution in [1.29, 1.82) is 0 Å². The first-order valence-corrected chi connectivity index (χ1v) is 12.2. The SMILES string of the molecule is CCCn1c(=O)c2c(nc(C3CC4C=CC3C4)n2COCc2ccccc2)n(CCC)c1=O. The molecule has 0 spiro atoms. The Morgan fingerprint density at radius 1 is 0.970 bits per heavy atom. The molecule has 1 saturated carbocycles. The van der Waals surface area contributed by atoms with Crippen molar-refractivity contribution in [2.24, 2.45) is 11.8 Å². The summed E-state index contributed by atoms with van der Waals surface area (Å²) in [5.41, 5.74) is 1.56. The monoisotopic (exact) mass is 448 g/mol. The van der Waals surface area contributed by atoms with E-state index in [1.165, 1.54) is 4.57 Å². The molecule has 3 atom stereocenters. The molecule has 3 aromatic rings. The van der Waals surface area contributed by atoms with Gasteiger partial charge in [0.05, 0.1) is 6.61 Å². The fourth-order valence-corrected chi connectivity index (χ4v) is 5.47. The second-order valence-corrected chi connectivity index (χ2v) is 9.31. The first kappa shape index (κ1) is 21.9. The van der Waals surface area contributed by atoms with Gasteiger partial charge in [-0.2, -0.15) is 0 Å². The zero-order valence-electron chi connectivity index (χ0n) is 19.4. The van der Waals surface area contributed by atoms with Gasteiger partial charge in [-0.15, -0.1) is 0 Å². The Bertz CT molecular complexity index is 1280. The fourth-order valence-electron chi connectivity index (χ4n) is 5.47. The number of aromatic nitrogens is 4. The van der Waals surface area contributed by atoms with Gasteiger partial charge in [0.2, 0.25) is 0 Å². The number of ether oxygens (including phenoxy) is 1. The Morgan fingerprint density at radius 2 is 1.73 bits per heavy atom. The summed E-state index contributed by atoms with van der Waals surface area (Å²) in [7, 11) is 0. The van der Waals surface area contributed by atoms with Crippen LogP contribution in [-0.2, 0) is 31.2 Å². The minimum Gasteiger partial charge on any atom is -0.356 e. The predicted octanol–water partition coefficient (Wildman–Crippen LogP) is 4.03. The summed E-state index contributed by atoms with van der Waals surface area (Å²) >= 11 is 0. The molecule has 33 heavy (non-hydrogen) atoms. The number of benzene rings is 1. The number of nitrogens with zero attached hydrogens (tertiary/aromatic N) is 4. The van der Waals surface area contributed by atoms with E-state index in [2.05, 4.69) is 12.2 Å². The van der Waals surface area contributed by atoms with E-state index in [-0.39, 0.29) is 23.9 Å². The van der Waals surface area contributed by atoms with Crippen LogP contribution in [0.25, 0.3) is 11.2 Å². The van der Waals surface area contributed by atoms with Gasteiger partial charge in [0, 0.05) is 19.0 Å². The molecule has 0 N–H and O–H groups in total. The molecular weight excluding hydrogens is 416 g/mol. The van der Waals surface area contributed by atoms with Gasteiger partial charge in [-0.3, -0.25) is 18.5 Å². The predicted molar refractivity (Wildman–Crippen MR) is 128 cm³/mol. The zero-order chi connectivity index (χ0) is 22.9. The topological polar surface area (TPSA) is 71.0 Å². The van der Waals surface area contributed by atoms with Crippen molar-refractivity contribution in [2.75, 3.05) is 0 Å². The van der Waals surface area contributed by atoms with Gasteiger partial charge in [-0.25, -0.2) is 9.78 Å². The van der Waals surface area contributed by atoms with Crippen molar-refractivity contribution in [3.8, 4) is 0 Å². The summed E-state index contributed by atoms with van der Waals surface area (Å²) in [4.78, 5) is 31.7. The van der Waals surface area contributed by atoms with Crippen molar-refractivity contribution in [3.05, 3.63) is 74.7 Å². The third-order valence-corrected chi connectivity index (χ3v) is 6.98. The molecule has 1 aromatic carbocycles. The van der Waals surface area contributed by atoms with Gasteiger partial charge >= 0.3 is 5.69 Å². The average Bonchev–Trinajstić information content (AvgIpc) is 3.55. The highest BCUT2D eigenvalue weighted by Gasteiger charge is 2.40. The van der Waals surface area contributed by atoms with Crippen LogP contribution in [0.1, 0.15) is 56.8 Å². The second-order valence-electron chi connectivity index (χ2n) is 9.31. The van der Waals surface area contributed by atoms with Crippen LogP contribution in [0.2, 0.25) is 0 Å². The van der Waals surface area contributed by atoms with Crippen molar-refractivity contribution < 1.29 is 4.74 Å². The fraction of sp³-hybridized carbons (Fsp3) is 0.500. The summed E-state index contributed by atoms with van der Waals surface area (Å²) in [6, 6.07) is 10.0.